The van der Waals surface area contributed by atoms with Crippen molar-refractivity contribution in [2.75, 3.05) is 13.2 Å². The molecule has 11 heteroatoms. The molecule has 3 atom stereocenters. The van der Waals surface area contributed by atoms with E-state index in [0.29, 0.717) is 6.29 Å². The highest BCUT2D eigenvalue weighted by molar-refractivity contribution is 6.35. The Labute approximate surface area is 202 Å². The zero-order valence-electron chi connectivity index (χ0n) is 20.3. The number of hydrogen-bond donors (Lipinski definition) is 1. The van der Waals surface area contributed by atoms with Gasteiger partial charge in [0.2, 0.25) is 5.91 Å². The third kappa shape index (κ3) is 6.17. The number of rotatable bonds is 10. The highest BCUT2D eigenvalue weighted by Crippen LogP contribution is 2.40. The van der Waals surface area contributed by atoms with E-state index in [0.717, 1.165) is 0 Å². The zero-order chi connectivity index (χ0) is 26.3. The summed E-state index contributed by atoms with van der Waals surface area (Å²) in [4.78, 5) is 65.7. The number of nitro benzene ring substituents is 1. The number of allylic oxidation sites excluding steroid dienone is 1. The molecule has 0 spiro atoms. The third-order valence-electron chi connectivity index (χ3n) is 5.49. The second-order valence-electron chi connectivity index (χ2n) is 8.16. The highest BCUT2D eigenvalue weighted by Gasteiger charge is 2.44. The summed E-state index contributed by atoms with van der Waals surface area (Å²) in [5.74, 6) is -4.92. The van der Waals surface area contributed by atoms with Gasteiger partial charge in [-0.05, 0) is 32.3 Å². The van der Waals surface area contributed by atoms with Crippen molar-refractivity contribution >= 4 is 35.5 Å². The fourth-order valence-electron chi connectivity index (χ4n) is 3.92. The minimum Gasteiger partial charge on any atom is -0.465 e. The topological polar surface area (TPSA) is 154 Å². The molecule has 1 N–H and O–H groups in total. The highest BCUT2D eigenvalue weighted by atomic mass is 16.6. The summed E-state index contributed by atoms with van der Waals surface area (Å²) in [5, 5.41) is 14.1. The van der Waals surface area contributed by atoms with E-state index in [1.807, 2.05) is 0 Å². The van der Waals surface area contributed by atoms with Crippen LogP contribution >= 0.6 is 0 Å². The molecule has 11 nitrogen and oxygen atoms in total. The standard InChI is InChI=1S/C24H29N3O8/c1-6-34-23(30)20-17(12-28)25-14(5)18(19(20)15-9-8-10-16(11-15)27(32)33)22(29)26-21(13(3)4)24(31)35-7-2/h8-13,19-21H,6-7H2,1-5H3,(H,26,29)/t19?,20?,21-/m0/s1. The molecule has 1 aromatic rings. The number of benzene rings is 1. The summed E-state index contributed by atoms with van der Waals surface area (Å²) < 4.78 is 10.2. The van der Waals surface area contributed by atoms with E-state index in [-0.39, 0.29) is 47.4 Å². The molecular weight excluding hydrogens is 458 g/mol. The van der Waals surface area contributed by atoms with Gasteiger partial charge < -0.3 is 14.8 Å². The molecule has 1 aliphatic heterocycles. The largest absolute Gasteiger partial charge is 0.465 e. The van der Waals surface area contributed by atoms with Crippen LogP contribution in [0.15, 0.2) is 40.5 Å². The Hall–Kier alpha value is -3.89. The van der Waals surface area contributed by atoms with Crippen LogP contribution in [0.25, 0.3) is 0 Å². The molecule has 2 unspecified atom stereocenters. The van der Waals surface area contributed by atoms with E-state index < -0.39 is 40.6 Å². The first-order chi connectivity index (χ1) is 16.6. The maximum Gasteiger partial charge on any atom is 0.328 e. The number of aliphatic imine (C=N–C) groups is 1. The van der Waals surface area contributed by atoms with Crippen LogP contribution in [0.5, 0.6) is 0 Å². The average Bonchev–Trinajstić information content (AvgIpc) is 2.81. The first-order valence-corrected chi connectivity index (χ1v) is 11.2. The fraction of sp³-hybridized carbons (Fsp3) is 0.458. The van der Waals surface area contributed by atoms with Crippen LogP contribution in [-0.2, 0) is 28.7 Å². The molecule has 0 fully saturated rings. The van der Waals surface area contributed by atoms with Crippen molar-refractivity contribution in [1.29, 1.82) is 0 Å². The normalized spacial score (nSPS) is 18.4. The van der Waals surface area contributed by atoms with Crippen molar-refractivity contribution < 1.29 is 33.6 Å². The molecule has 1 amide bonds. The SMILES string of the molecule is CCOC(=O)C1C(C=O)=NC(C)=C(C(=O)N[C@H](C(=O)OCC)C(C)C)C1c1cccc([N+](=O)[O-])c1. The second kappa shape index (κ2) is 12.0. The van der Waals surface area contributed by atoms with Crippen LogP contribution in [0.4, 0.5) is 5.69 Å². The fourth-order valence-corrected chi connectivity index (χ4v) is 3.92. The van der Waals surface area contributed by atoms with Crippen LogP contribution in [0.2, 0.25) is 0 Å². The van der Waals surface area contributed by atoms with Gasteiger partial charge in [-0.3, -0.25) is 29.5 Å². The molecule has 188 valence electrons. The molecule has 0 saturated carbocycles. The summed E-state index contributed by atoms with van der Waals surface area (Å²) in [6.07, 6.45) is 0.402. The lowest BCUT2D eigenvalue weighted by molar-refractivity contribution is -0.384. The third-order valence-corrected chi connectivity index (χ3v) is 5.49. The molecule has 0 saturated heterocycles. The lowest BCUT2D eigenvalue weighted by atomic mass is 9.75. The number of amides is 1. The Morgan fingerprint density at radius 3 is 2.40 bits per heavy atom. The van der Waals surface area contributed by atoms with Gasteiger partial charge >= 0.3 is 11.9 Å². The van der Waals surface area contributed by atoms with Gasteiger partial charge in [0.15, 0.2) is 6.29 Å². The lowest BCUT2D eigenvalue weighted by Gasteiger charge is -2.32. The Balaban J connectivity index is 2.69. The summed E-state index contributed by atoms with van der Waals surface area (Å²) >= 11 is 0. The van der Waals surface area contributed by atoms with Gasteiger partial charge in [0, 0.05) is 29.3 Å². The molecule has 0 aliphatic carbocycles. The summed E-state index contributed by atoms with van der Waals surface area (Å²) in [6, 6.07) is 4.44. The molecule has 2 rings (SSSR count). The Kier molecular flexibility index (Phi) is 9.38. The average molecular weight is 488 g/mol. The van der Waals surface area contributed by atoms with Crippen molar-refractivity contribution in [3.63, 3.8) is 0 Å². The maximum absolute atomic E-state index is 13.5. The van der Waals surface area contributed by atoms with Crippen LogP contribution < -0.4 is 5.32 Å². The Morgan fingerprint density at radius 2 is 1.86 bits per heavy atom. The van der Waals surface area contributed by atoms with Gasteiger partial charge in [-0.2, -0.15) is 0 Å². The molecule has 0 radical (unpaired) electrons. The molecular formula is C24H29N3O8. The van der Waals surface area contributed by atoms with Gasteiger partial charge in [0.25, 0.3) is 5.69 Å². The van der Waals surface area contributed by atoms with Gasteiger partial charge in [0.05, 0.1) is 23.8 Å². The van der Waals surface area contributed by atoms with Crippen LogP contribution in [0.3, 0.4) is 0 Å². The van der Waals surface area contributed by atoms with E-state index in [1.165, 1.54) is 31.2 Å². The number of aldehydes is 1. The number of nitrogens with one attached hydrogen (secondary N) is 1. The van der Waals surface area contributed by atoms with E-state index in [2.05, 4.69) is 10.3 Å². The van der Waals surface area contributed by atoms with Crippen molar-refractivity contribution in [2.45, 2.75) is 46.6 Å². The maximum atomic E-state index is 13.5. The van der Waals surface area contributed by atoms with Crippen molar-refractivity contribution in [1.82, 2.24) is 5.32 Å². The number of ether oxygens (including phenoxy) is 2. The number of hydrogen-bond acceptors (Lipinski definition) is 9. The number of esters is 2. The number of nitrogens with zero attached hydrogens (tertiary/aromatic N) is 2. The molecule has 1 aromatic carbocycles. The molecule has 0 aromatic heterocycles. The smallest absolute Gasteiger partial charge is 0.328 e. The van der Waals surface area contributed by atoms with Gasteiger partial charge in [-0.15, -0.1) is 0 Å². The first kappa shape index (κ1) is 27.4. The summed E-state index contributed by atoms with van der Waals surface area (Å²) in [5.41, 5.74) is -0.0607. The van der Waals surface area contributed by atoms with Gasteiger partial charge in [0.1, 0.15) is 12.0 Å². The van der Waals surface area contributed by atoms with E-state index in [4.69, 9.17) is 9.47 Å². The predicted molar refractivity (Wildman–Crippen MR) is 126 cm³/mol. The van der Waals surface area contributed by atoms with Crippen molar-refractivity contribution in [3.05, 3.63) is 51.2 Å². The van der Waals surface area contributed by atoms with Gasteiger partial charge in [-0.1, -0.05) is 26.0 Å². The second-order valence-corrected chi connectivity index (χ2v) is 8.16. The Morgan fingerprint density at radius 1 is 1.20 bits per heavy atom. The van der Waals surface area contributed by atoms with E-state index in [9.17, 15) is 29.3 Å². The first-order valence-electron chi connectivity index (χ1n) is 11.2. The lowest BCUT2D eigenvalue weighted by Crippen LogP contribution is -2.48. The zero-order valence-corrected chi connectivity index (χ0v) is 20.3. The van der Waals surface area contributed by atoms with Crippen LogP contribution in [0.1, 0.15) is 46.1 Å². The summed E-state index contributed by atoms with van der Waals surface area (Å²) in [6.45, 7) is 8.29. The van der Waals surface area contributed by atoms with Crippen LogP contribution in [0, 0.1) is 22.0 Å². The van der Waals surface area contributed by atoms with E-state index >= 15 is 0 Å². The van der Waals surface area contributed by atoms with Crippen LogP contribution in [-0.4, -0.2) is 54.0 Å². The number of non-ortho nitro benzene ring substituents is 1. The van der Waals surface area contributed by atoms with Crippen molar-refractivity contribution in [2.24, 2.45) is 16.8 Å². The number of carbonyl (C=O) groups is 4. The molecule has 0 bridgehead atoms. The quantitative estimate of drug-likeness (QED) is 0.228. The van der Waals surface area contributed by atoms with Gasteiger partial charge in [-0.25, -0.2) is 4.79 Å². The molecule has 1 heterocycles. The van der Waals surface area contributed by atoms with Crippen molar-refractivity contribution in [3.8, 4) is 0 Å². The number of nitro groups is 1. The van der Waals surface area contributed by atoms with E-state index in [1.54, 1.807) is 27.7 Å². The predicted octanol–water partition coefficient (Wildman–Crippen LogP) is 2.49. The molecule has 1 aliphatic rings. The minimum atomic E-state index is -1.32. The minimum absolute atomic E-state index is 0.00559. The Bertz CT molecular complexity index is 1080. The summed E-state index contributed by atoms with van der Waals surface area (Å²) in [7, 11) is 0. The monoisotopic (exact) mass is 487 g/mol. The number of carbonyl (C=O) groups excluding carboxylic acids is 4. The molecule has 35 heavy (non-hydrogen) atoms.